The van der Waals surface area contributed by atoms with Crippen LogP contribution in [0.1, 0.15) is 12.2 Å². The molecular formula is C9H12BrNOS. The molecular weight excluding hydrogens is 250 g/mol. The molecule has 2 rings (SSSR count). The van der Waals surface area contributed by atoms with Gasteiger partial charge in [0.2, 0.25) is 0 Å². The summed E-state index contributed by atoms with van der Waals surface area (Å²) in [6.45, 7) is 0.844. The van der Waals surface area contributed by atoms with Crippen molar-refractivity contribution in [2.45, 2.75) is 19.0 Å². The van der Waals surface area contributed by atoms with Crippen molar-refractivity contribution in [2.75, 3.05) is 11.5 Å². The van der Waals surface area contributed by atoms with Gasteiger partial charge in [-0.15, -0.1) is 0 Å². The second-order valence-corrected chi connectivity index (χ2v) is 5.08. The molecule has 0 bridgehead atoms. The Balaban J connectivity index is 1.78. The monoisotopic (exact) mass is 261 g/mol. The molecule has 1 aliphatic rings. The van der Waals surface area contributed by atoms with Crippen LogP contribution in [0.15, 0.2) is 21.2 Å². The Bertz CT molecular complexity index is 270. The molecule has 0 spiro atoms. The van der Waals surface area contributed by atoms with Crippen LogP contribution in [-0.4, -0.2) is 17.5 Å². The summed E-state index contributed by atoms with van der Waals surface area (Å²) in [5.41, 5.74) is 0. The third kappa shape index (κ3) is 2.76. The topological polar surface area (TPSA) is 25.2 Å². The maximum Gasteiger partial charge on any atom is 0.169 e. The zero-order valence-corrected chi connectivity index (χ0v) is 9.66. The van der Waals surface area contributed by atoms with E-state index in [1.165, 1.54) is 17.9 Å². The number of hydrogen-bond acceptors (Lipinski definition) is 3. The molecule has 0 radical (unpaired) electrons. The van der Waals surface area contributed by atoms with E-state index in [9.17, 15) is 0 Å². The average molecular weight is 262 g/mol. The Morgan fingerprint density at radius 2 is 2.54 bits per heavy atom. The van der Waals surface area contributed by atoms with Crippen molar-refractivity contribution < 1.29 is 4.42 Å². The Labute approximate surface area is 90.6 Å². The maximum absolute atomic E-state index is 5.39. The van der Waals surface area contributed by atoms with E-state index < -0.39 is 0 Å². The van der Waals surface area contributed by atoms with Crippen molar-refractivity contribution in [3.05, 3.63) is 22.6 Å². The van der Waals surface area contributed by atoms with Crippen LogP contribution in [0.3, 0.4) is 0 Å². The first-order chi connectivity index (χ1) is 6.34. The van der Waals surface area contributed by atoms with Crippen molar-refractivity contribution in [1.82, 2.24) is 5.32 Å². The van der Waals surface area contributed by atoms with Crippen LogP contribution in [0.25, 0.3) is 0 Å². The third-order valence-electron chi connectivity index (χ3n) is 2.12. The SMILES string of the molecule is Brc1ccc(CN[C@@H]2CCSC2)o1. The highest BCUT2D eigenvalue weighted by atomic mass is 79.9. The summed E-state index contributed by atoms with van der Waals surface area (Å²) in [5, 5.41) is 3.48. The Morgan fingerprint density at radius 3 is 3.15 bits per heavy atom. The minimum absolute atomic E-state index is 0.675. The number of thioether (sulfide) groups is 1. The molecule has 1 aromatic rings. The molecule has 0 aliphatic carbocycles. The molecule has 0 saturated carbocycles. The van der Waals surface area contributed by atoms with E-state index in [0.29, 0.717) is 6.04 Å². The van der Waals surface area contributed by atoms with Crippen LogP contribution >= 0.6 is 27.7 Å². The van der Waals surface area contributed by atoms with Gasteiger partial charge in [0.15, 0.2) is 4.67 Å². The molecule has 2 heterocycles. The first-order valence-electron chi connectivity index (χ1n) is 4.40. The molecule has 0 aromatic carbocycles. The van der Waals surface area contributed by atoms with Gasteiger partial charge in [-0.05, 0) is 40.2 Å². The highest BCUT2D eigenvalue weighted by molar-refractivity contribution is 9.10. The molecule has 72 valence electrons. The number of nitrogens with one attached hydrogen (secondary N) is 1. The Morgan fingerprint density at radius 1 is 1.62 bits per heavy atom. The normalized spacial score (nSPS) is 22.4. The predicted molar refractivity (Wildman–Crippen MR) is 59.0 cm³/mol. The molecule has 0 amide bonds. The summed E-state index contributed by atoms with van der Waals surface area (Å²) in [6, 6.07) is 4.61. The molecule has 1 atom stereocenters. The molecule has 1 saturated heterocycles. The van der Waals surface area contributed by atoms with Gasteiger partial charge >= 0.3 is 0 Å². The predicted octanol–water partition coefficient (Wildman–Crippen LogP) is 2.64. The summed E-state index contributed by atoms with van der Waals surface area (Å²) in [4.78, 5) is 0. The van der Waals surface area contributed by atoms with E-state index in [2.05, 4.69) is 21.2 Å². The summed E-state index contributed by atoms with van der Waals surface area (Å²) in [6.07, 6.45) is 1.28. The van der Waals surface area contributed by atoms with Crippen LogP contribution in [0, 0.1) is 0 Å². The molecule has 1 fully saturated rings. The number of halogens is 1. The first-order valence-corrected chi connectivity index (χ1v) is 6.35. The van der Waals surface area contributed by atoms with Crippen molar-refractivity contribution in [3.63, 3.8) is 0 Å². The summed E-state index contributed by atoms with van der Waals surface area (Å²) in [7, 11) is 0. The van der Waals surface area contributed by atoms with Crippen molar-refractivity contribution in [2.24, 2.45) is 0 Å². The van der Waals surface area contributed by atoms with E-state index in [0.717, 1.165) is 17.0 Å². The lowest BCUT2D eigenvalue weighted by Crippen LogP contribution is -2.27. The van der Waals surface area contributed by atoms with E-state index in [1.54, 1.807) is 0 Å². The van der Waals surface area contributed by atoms with Gasteiger partial charge in [0.05, 0.1) is 6.54 Å². The highest BCUT2D eigenvalue weighted by Crippen LogP contribution is 2.18. The fraction of sp³-hybridized carbons (Fsp3) is 0.556. The second kappa shape index (κ2) is 4.53. The molecule has 0 unspecified atom stereocenters. The smallest absolute Gasteiger partial charge is 0.169 e. The van der Waals surface area contributed by atoms with Crippen LogP contribution in [0.2, 0.25) is 0 Å². The van der Waals surface area contributed by atoms with E-state index in [4.69, 9.17) is 4.42 Å². The minimum atomic E-state index is 0.675. The van der Waals surface area contributed by atoms with Gasteiger partial charge in [0.1, 0.15) is 5.76 Å². The minimum Gasteiger partial charge on any atom is -0.453 e. The lowest BCUT2D eigenvalue weighted by Gasteiger charge is -2.08. The van der Waals surface area contributed by atoms with Crippen molar-refractivity contribution in [1.29, 1.82) is 0 Å². The van der Waals surface area contributed by atoms with Gasteiger partial charge in [-0.25, -0.2) is 0 Å². The van der Waals surface area contributed by atoms with E-state index in [1.807, 2.05) is 23.9 Å². The van der Waals surface area contributed by atoms with Gasteiger partial charge in [0.25, 0.3) is 0 Å². The lowest BCUT2D eigenvalue weighted by molar-refractivity contribution is 0.444. The van der Waals surface area contributed by atoms with Gasteiger partial charge < -0.3 is 9.73 Å². The Hall–Kier alpha value is 0.0700. The fourth-order valence-corrected chi connectivity index (χ4v) is 2.91. The highest BCUT2D eigenvalue weighted by Gasteiger charge is 2.14. The fourth-order valence-electron chi connectivity index (χ4n) is 1.39. The van der Waals surface area contributed by atoms with Gasteiger partial charge in [-0.3, -0.25) is 0 Å². The van der Waals surface area contributed by atoms with Gasteiger partial charge in [-0.2, -0.15) is 11.8 Å². The number of hydrogen-bond donors (Lipinski definition) is 1. The van der Waals surface area contributed by atoms with Gasteiger partial charge in [0, 0.05) is 11.8 Å². The molecule has 2 nitrogen and oxygen atoms in total. The van der Waals surface area contributed by atoms with Crippen LogP contribution in [-0.2, 0) is 6.54 Å². The maximum atomic E-state index is 5.39. The Kier molecular flexibility index (Phi) is 3.35. The quantitative estimate of drug-likeness (QED) is 0.906. The second-order valence-electron chi connectivity index (χ2n) is 3.15. The van der Waals surface area contributed by atoms with Gasteiger partial charge in [-0.1, -0.05) is 0 Å². The summed E-state index contributed by atoms with van der Waals surface area (Å²) < 4.78 is 6.20. The standard InChI is InChI=1S/C9H12BrNOS/c10-9-2-1-8(12-9)5-11-7-3-4-13-6-7/h1-2,7,11H,3-6H2/t7-/m1/s1. The van der Waals surface area contributed by atoms with Crippen molar-refractivity contribution in [3.8, 4) is 0 Å². The summed E-state index contributed by atoms with van der Waals surface area (Å²) >= 11 is 5.31. The molecule has 13 heavy (non-hydrogen) atoms. The third-order valence-corrected chi connectivity index (χ3v) is 3.71. The average Bonchev–Trinajstić information content (AvgIpc) is 2.71. The van der Waals surface area contributed by atoms with E-state index >= 15 is 0 Å². The molecule has 1 N–H and O–H groups in total. The van der Waals surface area contributed by atoms with E-state index in [-0.39, 0.29) is 0 Å². The molecule has 1 aromatic heterocycles. The van der Waals surface area contributed by atoms with Crippen molar-refractivity contribution >= 4 is 27.7 Å². The zero-order chi connectivity index (χ0) is 9.10. The lowest BCUT2D eigenvalue weighted by atomic mass is 10.2. The van der Waals surface area contributed by atoms with Crippen LogP contribution < -0.4 is 5.32 Å². The van der Waals surface area contributed by atoms with Crippen LogP contribution in [0.4, 0.5) is 0 Å². The van der Waals surface area contributed by atoms with Crippen LogP contribution in [0.5, 0.6) is 0 Å². The number of furan rings is 1. The first kappa shape index (κ1) is 9.62. The molecule has 1 aliphatic heterocycles. The summed E-state index contributed by atoms with van der Waals surface area (Å²) in [5.74, 6) is 3.53. The number of rotatable bonds is 3. The zero-order valence-electron chi connectivity index (χ0n) is 7.25. The largest absolute Gasteiger partial charge is 0.453 e. The molecule has 4 heteroatoms.